The van der Waals surface area contributed by atoms with Crippen LogP contribution in [0.2, 0.25) is 0 Å². The Bertz CT molecular complexity index is 1600. The Morgan fingerprint density at radius 2 is 1.89 bits per heavy atom. The second kappa shape index (κ2) is 9.00. The molecule has 0 radical (unpaired) electrons. The van der Waals surface area contributed by atoms with E-state index < -0.39 is 5.97 Å². The Morgan fingerprint density at radius 3 is 2.69 bits per heavy atom. The Hall–Kier alpha value is -4.39. The van der Waals surface area contributed by atoms with Gasteiger partial charge in [0.1, 0.15) is 23.9 Å². The van der Waals surface area contributed by atoms with Crippen molar-refractivity contribution < 1.29 is 14.6 Å². The zero-order valence-corrected chi connectivity index (χ0v) is 19.7. The lowest BCUT2D eigenvalue weighted by molar-refractivity contribution is -0.136. The third kappa shape index (κ3) is 3.92. The third-order valence-corrected chi connectivity index (χ3v) is 7.03. The second-order valence-electron chi connectivity index (χ2n) is 9.27. The van der Waals surface area contributed by atoms with Crippen LogP contribution < -0.4 is 10.5 Å². The van der Waals surface area contributed by atoms with Crippen molar-refractivity contribution in [3.05, 3.63) is 84.2 Å². The van der Waals surface area contributed by atoms with Crippen molar-refractivity contribution in [1.82, 2.24) is 14.8 Å². The summed E-state index contributed by atoms with van der Waals surface area (Å²) < 4.78 is 8.28. The molecule has 3 aromatic carbocycles. The highest BCUT2D eigenvalue weighted by atomic mass is 16.5. The van der Waals surface area contributed by atoms with Gasteiger partial charge in [0.25, 0.3) is 0 Å². The van der Waals surface area contributed by atoms with Gasteiger partial charge in [-0.15, -0.1) is 0 Å². The lowest BCUT2D eigenvalue weighted by Crippen LogP contribution is -2.18. The minimum absolute atomic E-state index is 0.0867. The highest BCUT2D eigenvalue weighted by Gasteiger charge is 2.24. The number of hydrogen-bond acceptors (Lipinski definition) is 5. The van der Waals surface area contributed by atoms with E-state index in [1.165, 1.54) is 6.42 Å². The van der Waals surface area contributed by atoms with Gasteiger partial charge >= 0.3 is 5.97 Å². The number of aliphatic carboxylic acids is 1. The molecule has 1 aliphatic carbocycles. The summed E-state index contributed by atoms with van der Waals surface area (Å²) in [5.41, 5.74) is 10.9. The number of hydrogen-bond donors (Lipinski definition) is 2. The molecule has 180 valence electrons. The van der Waals surface area contributed by atoms with Gasteiger partial charge in [0.05, 0.1) is 18.0 Å². The molecule has 0 saturated heterocycles. The number of ether oxygens (including phenoxy) is 1. The number of para-hydroxylation sites is 1. The van der Waals surface area contributed by atoms with E-state index in [0.717, 1.165) is 51.3 Å². The second-order valence-corrected chi connectivity index (χ2v) is 9.27. The molecule has 0 amide bonds. The normalized spacial score (nSPS) is 13.7. The fourth-order valence-electron chi connectivity index (χ4n) is 4.97. The maximum Gasteiger partial charge on any atom is 0.307 e. The first-order valence-corrected chi connectivity index (χ1v) is 12.2. The summed E-state index contributed by atoms with van der Waals surface area (Å²) in [4.78, 5) is 15.5. The summed E-state index contributed by atoms with van der Waals surface area (Å²) in [6.07, 6.45) is 5.11. The molecule has 3 N–H and O–H groups in total. The number of aromatic nitrogens is 3. The molecule has 6 rings (SSSR count). The molecule has 0 bridgehead atoms. The fraction of sp³-hybridized carbons (Fsp3) is 0.207. The molecule has 1 aliphatic rings. The monoisotopic (exact) mass is 478 g/mol. The Morgan fingerprint density at radius 1 is 1.03 bits per heavy atom. The van der Waals surface area contributed by atoms with E-state index in [-0.39, 0.29) is 13.0 Å². The van der Waals surface area contributed by atoms with Crippen molar-refractivity contribution in [2.75, 3.05) is 5.73 Å². The highest BCUT2D eigenvalue weighted by molar-refractivity contribution is 6.02. The summed E-state index contributed by atoms with van der Waals surface area (Å²) >= 11 is 0. The maximum absolute atomic E-state index is 11.3. The lowest BCUT2D eigenvalue weighted by Gasteiger charge is -2.26. The first-order valence-electron chi connectivity index (χ1n) is 12.2. The molecule has 1 fully saturated rings. The number of pyridine rings is 1. The van der Waals surface area contributed by atoms with E-state index in [0.29, 0.717) is 23.2 Å². The fourth-order valence-corrected chi connectivity index (χ4v) is 4.97. The number of fused-ring (bicyclic) bond motifs is 2. The molecule has 36 heavy (non-hydrogen) atoms. The van der Waals surface area contributed by atoms with E-state index in [2.05, 4.69) is 33.9 Å². The van der Waals surface area contributed by atoms with Crippen LogP contribution in [0.5, 0.6) is 5.75 Å². The minimum Gasteiger partial charge on any atom is -0.487 e. The molecule has 5 aromatic rings. The van der Waals surface area contributed by atoms with Crippen LogP contribution in [-0.2, 0) is 17.8 Å². The van der Waals surface area contributed by atoms with E-state index in [1.54, 1.807) is 12.3 Å². The highest BCUT2D eigenvalue weighted by Crippen LogP contribution is 2.37. The van der Waals surface area contributed by atoms with Crippen molar-refractivity contribution in [2.45, 2.75) is 38.3 Å². The van der Waals surface area contributed by atoms with E-state index in [9.17, 15) is 9.90 Å². The summed E-state index contributed by atoms with van der Waals surface area (Å²) in [6, 6.07) is 22.2. The Kier molecular flexibility index (Phi) is 5.52. The number of rotatable bonds is 7. The number of nitrogen functional groups attached to an aromatic ring is 1. The summed E-state index contributed by atoms with van der Waals surface area (Å²) in [6.45, 7) is 0.253. The van der Waals surface area contributed by atoms with Crippen LogP contribution in [-0.4, -0.2) is 25.8 Å². The van der Waals surface area contributed by atoms with Crippen LogP contribution in [0.15, 0.2) is 72.9 Å². The van der Waals surface area contributed by atoms with Gasteiger partial charge in [-0.2, -0.15) is 5.10 Å². The molecule has 1 saturated carbocycles. The summed E-state index contributed by atoms with van der Waals surface area (Å²) in [5, 5.41) is 17.3. The molecule has 2 heterocycles. The van der Waals surface area contributed by atoms with Crippen LogP contribution in [0.4, 0.5) is 5.82 Å². The number of carboxylic acids is 1. The van der Waals surface area contributed by atoms with Gasteiger partial charge in [0.15, 0.2) is 0 Å². The van der Waals surface area contributed by atoms with Crippen LogP contribution in [0.25, 0.3) is 32.8 Å². The molecule has 0 aliphatic heterocycles. The predicted molar refractivity (Wildman–Crippen MR) is 140 cm³/mol. The Labute approximate surface area is 208 Å². The van der Waals surface area contributed by atoms with Gasteiger partial charge < -0.3 is 15.6 Å². The van der Waals surface area contributed by atoms with Gasteiger partial charge in [0, 0.05) is 22.5 Å². The smallest absolute Gasteiger partial charge is 0.307 e. The van der Waals surface area contributed by atoms with Crippen LogP contribution in [0.1, 0.15) is 36.6 Å². The topological polar surface area (TPSA) is 103 Å². The number of nitrogens with zero attached hydrogens (tertiary/aromatic N) is 3. The lowest BCUT2D eigenvalue weighted by atomic mass is 9.93. The Balaban J connectivity index is 1.42. The summed E-state index contributed by atoms with van der Waals surface area (Å²) in [7, 11) is 0. The largest absolute Gasteiger partial charge is 0.487 e. The zero-order chi connectivity index (χ0) is 24.6. The number of carboxylic acid groups (broad SMARTS) is 1. The van der Waals surface area contributed by atoms with Crippen molar-refractivity contribution in [3.63, 3.8) is 0 Å². The van der Waals surface area contributed by atoms with Gasteiger partial charge in [-0.3, -0.25) is 9.48 Å². The number of carbonyl (C=O) groups is 1. The first-order chi connectivity index (χ1) is 17.6. The number of anilines is 1. The molecule has 0 unspecified atom stereocenters. The van der Waals surface area contributed by atoms with Crippen molar-refractivity contribution in [1.29, 1.82) is 0 Å². The molecule has 2 aromatic heterocycles. The molecule has 0 atom stereocenters. The molecule has 7 heteroatoms. The molecular weight excluding hydrogens is 452 g/mol. The maximum atomic E-state index is 11.3. The predicted octanol–water partition coefficient (Wildman–Crippen LogP) is 5.76. The van der Waals surface area contributed by atoms with Gasteiger partial charge in [-0.05, 0) is 60.0 Å². The average molecular weight is 479 g/mol. The first kappa shape index (κ1) is 22.1. The minimum atomic E-state index is -0.888. The quantitative estimate of drug-likeness (QED) is 0.308. The third-order valence-electron chi connectivity index (χ3n) is 7.03. The van der Waals surface area contributed by atoms with E-state index in [4.69, 9.17) is 15.6 Å². The van der Waals surface area contributed by atoms with Gasteiger partial charge in [0.2, 0.25) is 0 Å². The van der Waals surface area contributed by atoms with Crippen molar-refractivity contribution >= 4 is 33.5 Å². The van der Waals surface area contributed by atoms with Gasteiger partial charge in [-0.1, -0.05) is 42.5 Å². The molecule has 0 spiro atoms. The average Bonchev–Trinajstić information content (AvgIpc) is 3.19. The van der Waals surface area contributed by atoms with Crippen LogP contribution in [0, 0.1) is 0 Å². The standard InChI is InChI=1S/C29H26N4O3/c30-29-23-9-4-8-21(22(23)13-14-31-29)18-11-12-26-24(15-18)25(32-33(26)20-6-3-7-20)17-36-27-10-2-1-5-19(27)16-28(34)35/h1-2,4-5,8-15,20H,3,6-7,16-17H2,(H2,30,31)(H,34,35). The van der Waals surface area contributed by atoms with Gasteiger partial charge in [-0.25, -0.2) is 4.98 Å². The van der Waals surface area contributed by atoms with Crippen LogP contribution in [0.3, 0.4) is 0 Å². The van der Waals surface area contributed by atoms with Crippen molar-refractivity contribution in [3.8, 4) is 16.9 Å². The number of benzene rings is 3. The summed E-state index contributed by atoms with van der Waals surface area (Å²) in [5.74, 6) is 0.197. The molecule has 7 nitrogen and oxygen atoms in total. The van der Waals surface area contributed by atoms with Crippen molar-refractivity contribution in [2.24, 2.45) is 0 Å². The number of nitrogens with two attached hydrogens (primary N) is 1. The molecular formula is C29H26N4O3. The van der Waals surface area contributed by atoms with Crippen LogP contribution >= 0.6 is 0 Å². The zero-order valence-electron chi connectivity index (χ0n) is 19.7. The SMILES string of the molecule is Nc1nccc2c(-c3ccc4c(c3)c(COc3ccccc3CC(=O)O)nn4C3CCC3)cccc12. The van der Waals surface area contributed by atoms with E-state index >= 15 is 0 Å². The van der Waals surface area contributed by atoms with E-state index in [1.807, 2.05) is 36.4 Å².